The molecule has 0 amide bonds. The molecule has 0 spiro atoms. The maximum atomic E-state index is 9.83. The lowest BCUT2D eigenvalue weighted by atomic mass is 9.94. The molecule has 0 aliphatic heterocycles. The molecule has 0 aromatic heterocycles. The lowest BCUT2D eigenvalue weighted by Crippen LogP contribution is -2.33. The lowest BCUT2D eigenvalue weighted by Gasteiger charge is -2.22. The van der Waals surface area contributed by atoms with Crippen molar-refractivity contribution in [2.75, 3.05) is 0 Å². The first-order valence-corrected chi connectivity index (χ1v) is 4.61. The first kappa shape index (κ1) is 13.4. The molecular weight excluding hydrogens is 198 g/mol. The summed E-state index contributed by atoms with van der Waals surface area (Å²) in [5.74, 6) is 0.287. The molecule has 0 radical (unpaired) electrons. The van der Waals surface area contributed by atoms with E-state index in [1.54, 1.807) is 0 Å². The summed E-state index contributed by atoms with van der Waals surface area (Å²) in [6.45, 7) is 4.02. The zero-order valence-corrected chi connectivity index (χ0v) is 9.37. The van der Waals surface area contributed by atoms with E-state index in [1.807, 2.05) is 44.2 Å². The molecule has 2 atom stereocenters. The third-order valence-corrected chi connectivity index (χ3v) is 2.28. The predicted molar refractivity (Wildman–Crippen MR) is 61.5 cm³/mol. The molecule has 1 aromatic carbocycles. The number of aliphatic hydroxyl groups excluding tert-OH is 1. The molecule has 0 fully saturated rings. The highest BCUT2D eigenvalue weighted by atomic mass is 35.5. The monoisotopic (exact) mass is 215 g/mol. The summed E-state index contributed by atoms with van der Waals surface area (Å²) in [4.78, 5) is 0. The Hall–Kier alpha value is -0.570. The van der Waals surface area contributed by atoms with Crippen LogP contribution in [0.25, 0.3) is 0 Å². The molecule has 0 saturated carbocycles. The second-order valence-corrected chi connectivity index (χ2v) is 3.68. The second kappa shape index (κ2) is 6.02. The Bertz CT molecular complexity index is 251. The molecule has 3 N–H and O–H groups in total. The van der Waals surface area contributed by atoms with Crippen molar-refractivity contribution in [1.82, 2.24) is 0 Å². The van der Waals surface area contributed by atoms with Crippen molar-refractivity contribution in [3.8, 4) is 0 Å². The third-order valence-electron chi connectivity index (χ3n) is 2.28. The van der Waals surface area contributed by atoms with Crippen molar-refractivity contribution in [3.63, 3.8) is 0 Å². The van der Waals surface area contributed by atoms with Gasteiger partial charge in [-0.05, 0) is 11.5 Å². The second-order valence-electron chi connectivity index (χ2n) is 3.68. The van der Waals surface area contributed by atoms with E-state index in [9.17, 15) is 5.11 Å². The van der Waals surface area contributed by atoms with Crippen molar-refractivity contribution in [2.24, 2.45) is 11.7 Å². The van der Waals surface area contributed by atoms with Gasteiger partial charge in [-0.1, -0.05) is 44.2 Å². The molecule has 0 aliphatic carbocycles. The summed E-state index contributed by atoms with van der Waals surface area (Å²) in [7, 11) is 0. The van der Waals surface area contributed by atoms with E-state index < -0.39 is 6.10 Å². The Kier molecular flexibility index (Phi) is 5.77. The van der Waals surface area contributed by atoms with Gasteiger partial charge in [-0.25, -0.2) is 0 Å². The van der Waals surface area contributed by atoms with Crippen LogP contribution in [0.5, 0.6) is 0 Å². The van der Waals surface area contributed by atoms with Crippen molar-refractivity contribution < 1.29 is 5.11 Å². The van der Waals surface area contributed by atoms with Crippen molar-refractivity contribution >= 4 is 12.4 Å². The Morgan fingerprint density at radius 1 is 1.14 bits per heavy atom. The van der Waals surface area contributed by atoms with Gasteiger partial charge in [0.25, 0.3) is 0 Å². The number of rotatable bonds is 3. The predicted octanol–water partition coefficient (Wildman–Crippen LogP) is 2.13. The maximum Gasteiger partial charge on any atom is 0.0943 e. The van der Waals surface area contributed by atoms with Crippen molar-refractivity contribution in [2.45, 2.75) is 26.0 Å². The summed E-state index contributed by atoms with van der Waals surface area (Å²) in [5.41, 5.74) is 6.73. The average Bonchev–Trinajstić information content (AvgIpc) is 2.17. The maximum absolute atomic E-state index is 9.83. The average molecular weight is 216 g/mol. The van der Waals surface area contributed by atoms with Gasteiger partial charge < -0.3 is 10.8 Å². The first-order chi connectivity index (χ1) is 6.13. The van der Waals surface area contributed by atoms with E-state index in [2.05, 4.69) is 0 Å². The van der Waals surface area contributed by atoms with E-state index in [0.29, 0.717) is 0 Å². The van der Waals surface area contributed by atoms with Crippen molar-refractivity contribution in [1.29, 1.82) is 0 Å². The Labute approximate surface area is 91.5 Å². The topological polar surface area (TPSA) is 46.2 Å². The van der Waals surface area contributed by atoms with Crippen LogP contribution in [-0.2, 0) is 0 Å². The fourth-order valence-corrected chi connectivity index (χ4v) is 1.24. The lowest BCUT2D eigenvalue weighted by molar-refractivity contribution is 0.126. The summed E-state index contributed by atoms with van der Waals surface area (Å²) in [5, 5.41) is 9.83. The number of hydrogen-bond donors (Lipinski definition) is 2. The van der Waals surface area contributed by atoms with Crippen LogP contribution in [0.4, 0.5) is 0 Å². The number of benzene rings is 1. The highest BCUT2D eigenvalue weighted by molar-refractivity contribution is 5.85. The van der Waals surface area contributed by atoms with Gasteiger partial charge in [0.05, 0.1) is 6.10 Å². The highest BCUT2D eigenvalue weighted by Gasteiger charge is 2.19. The van der Waals surface area contributed by atoms with E-state index >= 15 is 0 Å². The zero-order chi connectivity index (χ0) is 9.84. The Morgan fingerprint density at radius 2 is 1.64 bits per heavy atom. The van der Waals surface area contributed by atoms with Gasteiger partial charge in [0.1, 0.15) is 0 Å². The Balaban J connectivity index is 0.00000169. The molecule has 0 unspecified atom stereocenters. The molecule has 1 rings (SSSR count). The standard InChI is InChI=1S/C11H17NO.ClH/c1-8(2)10(12)11(13)9-6-4-3-5-7-9;/h3-8,10-11,13H,12H2,1-2H3;1H/t10-,11+;/m0./s1. The molecule has 2 nitrogen and oxygen atoms in total. The first-order valence-electron chi connectivity index (χ1n) is 4.61. The molecule has 3 heteroatoms. The van der Waals surface area contributed by atoms with Gasteiger partial charge in [0.15, 0.2) is 0 Å². The molecule has 1 aromatic rings. The van der Waals surface area contributed by atoms with Crippen LogP contribution in [-0.4, -0.2) is 11.1 Å². The van der Waals surface area contributed by atoms with Crippen LogP contribution in [0.2, 0.25) is 0 Å². The third kappa shape index (κ3) is 3.29. The van der Waals surface area contributed by atoms with E-state index in [-0.39, 0.29) is 24.4 Å². The molecule has 0 aliphatic rings. The fourth-order valence-electron chi connectivity index (χ4n) is 1.24. The van der Waals surface area contributed by atoms with E-state index in [0.717, 1.165) is 5.56 Å². The van der Waals surface area contributed by atoms with E-state index in [4.69, 9.17) is 5.73 Å². The summed E-state index contributed by atoms with van der Waals surface area (Å²) < 4.78 is 0. The quantitative estimate of drug-likeness (QED) is 0.812. The molecular formula is C11H18ClNO. The highest BCUT2D eigenvalue weighted by Crippen LogP contribution is 2.19. The molecule has 0 bridgehead atoms. The van der Waals surface area contributed by atoms with Gasteiger partial charge in [-0.2, -0.15) is 0 Å². The normalized spacial score (nSPS) is 14.6. The summed E-state index contributed by atoms with van der Waals surface area (Å²) in [6, 6.07) is 9.34. The number of halogens is 1. The number of aliphatic hydroxyl groups is 1. The smallest absolute Gasteiger partial charge is 0.0943 e. The van der Waals surface area contributed by atoms with Crippen LogP contribution in [0, 0.1) is 5.92 Å². The molecule has 80 valence electrons. The van der Waals surface area contributed by atoms with Crippen LogP contribution >= 0.6 is 12.4 Å². The largest absolute Gasteiger partial charge is 0.387 e. The van der Waals surface area contributed by atoms with Gasteiger partial charge in [0.2, 0.25) is 0 Å². The zero-order valence-electron chi connectivity index (χ0n) is 8.55. The minimum atomic E-state index is -0.554. The van der Waals surface area contributed by atoms with Gasteiger partial charge in [-0.3, -0.25) is 0 Å². The summed E-state index contributed by atoms with van der Waals surface area (Å²) in [6.07, 6.45) is -0.554. The SMILES string of the molecule is CC(C)[C@H](N)[C@H](O)c1ccccc1.Cl. The molecule has 14 heavy (non-hydrogen) atoms. The fraction of sp³-hybridized carbons (Fsp3) is 0.455. The van der Waals surface area contributed by atoms with Crippen molar-refractivity contribution in [3.05, 3.63) is 35.9 Å². The van der Waals surface area contributed by atoms with Gasteiger partial charge in [-0.15, -0.1) is 12.4 Å². The summed E-state index contributed by atoms with van der Waals surface area (Å²) >= 11 is 0. The number of nitrogens with two attached hydrogens (primary N) is 1. The van der Waals surface area contributed by atoms with Crippen LogP contribution in [0.1, 0.15) is 25.5 Å². The minimum Gasteiger partial charge on any atom is -0.387 e. The number of hydrogen-bond acceptors (Lipinski definition) is 2. The molecule has 0 saturated heterocycles. The van der Waals surface area contributed by atoms with E-state index in [1.165, 1.54) is 0 Å². The van der Waals surface area contributed by atoms with Gasteiger partial charge >= 0.3 is 0 Å². The Morgan fingerprint density at radius 3 is 2.07 bits per heavy atom. The van der Waals surface area contributed by atoms with Crippen LogP contribution in [0.15, 0.2) is 30.3 Å². The minimum absolute atomic E-state index is 0. The van der Waals surface area contributed by atoms with Gasteiger partial charge in [0, 0.05) is 6.04 Å². The van der Waals surface area contributed by atoms with Crippen LogP contribution < -0.4 is 5.73 Å². The molecule has 0 heterocycles. The van der Waals surface area contributed by atoms with Crippen LogP contribution in [0.3, 0.4) is 0 Å².